The van der Waals surface area contributed by atoms with Crippen LogP contribution in [-0.4, -0.2) is 21.8 Å². The van der Waals surface area contributed by atoms with Crippen molar-refractivity contribution in [3.8, 4) is 0 Å². The topological polar surface area (TPSA) is 62.8 Å². The zero-order valence-electron chi connectivity index (χ0n) is 11.4. The molecule has 0 bridgehead atoms. The Morgan fingerprint density at radius 1 is 1.10 bits per heavy atom. The van der Waals surface area contributed by atoms with Crippen LogP contribution >= 0.6 is 23.4 Å². The molecule has 1 N–H and O–H groups in total. The molecule has 0 fully saturated rings. The third-order valence-electron chi connectivity index (χ3n) is 3.13. The van der Waals surface area contributed by atoms with Crippen molar-refractivity contribution in [2.75, 3.05) is 0 Å². The number of carbonyl (C=O) groups is 2. The first kappa shape index (κ1) is 14.1. The number of nitrogens with zero attached hydrogens (tertiary/aromatic N) is 1. The normalized spacial score (nSPS) is 14.6. The van der Waals surface area contributed by atoms with Crippen LogP contribution in [0.4, 0.5) is 0 Å². The van der Waals surface area contributed by atoms with Crippen molar-refractivity contribution in [1.29, 1.82) is 0 Å². The fraction of sp³-hybridized carbons (Fsp3) is 0.133. The van der Waals surface area contributed by atoms with Gasteiger partial charge in [-0.15, -0.1) is 0 Å². The number of nitrogens with one attached hydrogen (secondary N) is 1. The summed E-state index contributed by atoms with van der Waals surface area (Å²) >= 11 is 7.30. The Morgan fingerprint density at radius 3 is 2.43 bits per heavy atom. The fourth-order valence-corrected chi connectivity index (χ4v) is 3.67. The standard InChI is InChI=1S/C15H11ClN2O2S/c1-7-3-8(2)5-9(4-7)21-15-11(16)14(20)12-10(13(15)19)6-17-18-12/h3-6H,1-2H3,(H,17,18). The number of aryl methyl sites for hydroxylation is 2. The van der Waals surface area contributed by atoms with Gasteiger partial charge < -0.3 is 0 Å². The minimum atomic E-state index is -0.393. The van der Waals surface area contributed by atoms with Gasteiger partial charge in [-0.3, -0.25) is 14.7 Å². The molecule has 0 saturated carbocycles. The summed E-state index contributed by atoms with van der Waals surface area (Å²) in [6.45, 7) is 3.96. The Labute approximate surface area is 130 Å². The second-order valence-electron chi connectivity index (χ2n) is 4.89. The molecule has 0 aliphatic heterocycles. The molecule has 106 valence electrons. The summed E-state index contributed by atoms with van der Waals surface area (Å²) < 4.78 is 0. The number of ketones is 2. The number of carbonyl (C=O) groups excluding carboxylic acids is 2. The highest BCUT2D eigenvalue weighted by Crippen LogP contribution is 2.38. The summed E-state index contributed by atoms with van der Waals surface area (Å²) in [5, 5.41) is 6.22. The second-order valence-corrected chi connectivity index (χ2v) is 6.35. The number of hydrogen-bond acceptors (Lipinski definition) is 4. The average molecular weight is 319 g/mol. The molecule has 1 heterocycles. The number of aromatic nitrogens is 2. The molecular weight excluding hydrogens is 308 g/mol. The van der Waals surface area contributed by atoms with Gasteiger partial charge in [0, 0.05) is 4.90 Å². The Morgan fingerprint density at radius 2 is 1.76 bits per heavy atom. The monoisotopic (exact) mass is 318 g/mol. The van der Waals surface area contributed by atoms with E-state index in [0.717, 1.165) is 16.0 Å². The summed E-state index contributed by atoms with van der Waals surface area (Å²) in [6, 6.07) is 5.96. The van der Waals surface area contributed by atoms with Gasteiger partial charge in [0.25, 0.3) is 0 Å². The summed E-state index contributed by atoms with van der Waals surface area (Å²) in [4.78, 5) is 25.7. The van der Waals surface area contributed by atoms with Gasteiger partial charge in [0.05, 0.1) is 16.7 Å². The molecule has 1 aromatic heterocycles. The van der Waals surface area contributed by atoms with Crippen molar-refractivity contribution in [1.82, 2.24) is 10.2 Å². The van der Waals surface area contributed by atoms with Crippen LogP contribution in [0.1, 0.15) is 32.0 Å². The molecular formula is C15H11ClN2O2S. The predicted octanol–water partition coefficient (Wildman–Crippen LogP) is 3.65. The lowest BCUT2D eigenvalue weighted by molar-refractivity contribution is 0.0985. The zero-order chi connectivity index (χ0) is 15.1. The average Bonchev–Trinajstić information content (AvgIpc) is 2.90. The van der Waals surface area contributed by atoms with Crippen molar-refractivity contribution < 1.29 is 9.59 Å². The summed E-state index contributed by atoms with van der Waals surface area (Å²) in [6.07, 6.45) is 1.36. The molecule has 0 amide bonds. The molecule has 0 unspecified atom stereocenters. The number of H-pyrrole nitrogens is 1. The molecule has 6 heteroatoms. The van der Waals surface area contributed by atoms with Gasteiger partial charge in [-0.05, 0) is 37.1 Å². The number of Topliss-reactive ketones (excluding diaryl/α,β-unsaturated/α-hetero) is 2. The maximum absolute atomic E-state index is 12.4. The highest BCUT2D eigenvalue weighted by atomic mass is 35.5. The molecule has 21 heavy (non-hydrogen) atoms. The van der Waals surface area contributed by atoms with E-state index in [1.807, 2.05) is 32.0 Å². The van der Waals surface area contributed by atoms with Gasteiger partial charge in [-0.25, -0.2) is 0 Å². The van der Waals surface area contributed by atoms with E-state index in [1.54, 1.807) is 0 Å². The number of benzene rings is 1. The van der Waals surface area contributed by atoms with Crippen molar-refractivity contribution in [2.45, 2.75) is 18.7 Å². The van der Waals surface area contributed by atoms with Crippen LogP contribution in [0.2, 0.25) is 0 Å². The highest BCUT2D eigenvalue weighted by molar-refractivity contribution is 8.04. The Hall–Kier alpha value is -1.85. The zero-order valence-corrected chi connectivity index (χ0v) is 12.9. The van der Waals surface area contributed by atoms with Crippen LogP contribution in [0.15, 0.2) is 39.2 Å². The lowest BCUT2D eigenvalue weighted by Crippen LogP contribution is -2.17. The van der Waals surface area contributed by atoms with Crippen molar-refractivity contribution in [2.24, 2.45) is 0 Å². The molecule has 0 spiro atoms. The molecule has 0 atom stereocenters. The van der Waals surface area contributed by atoms with Gasteiger partial charge in [-0.2, -0.15) is 5.10 Å². The van der Waals surface area contributed by atoms with E-state index in [0.29, 0.717) is 0 Å². The number of hydrogen-bond donors (Lipinski definition) is 1. The predicted molar refractivity (Wildman–Crippen MR) is 81.9 cm³/mol. The van der Waals surface area contributed by atoms with E-state index in [-0.39, 0.29) is 27.0 Å². The Bertz CT molecular complexity index is 788. The van der Waals surface area contributed by atoms with Crippen molar-refractivity contribution >= 4 is 34.9 Å². The van der Waals surface area contributed by atoms with Gasteiger partial charge in [0.15, 0.2) is 0 Å². The van der Waals surface area contributed by atoms with Crippen LogP contribution in [0.3, 0.4) is 0 Å². The number of aromatic amines is 1. The minimum Gasteiger partial charge on any atom is -0.288 e. The van der Waals surface area contributed by atoms with Crippen LogP contribution in [0.25, 0.3) is 0 Å². The summed E-state index contributed by atoms with van der Waals surface area (Å²) in [7, 11) is 0. The molecule has 1 aromatic carbocycles. The SMILES string of the molecule is Cc1cc(C)cc(SC2=C(Cl)C(=O)c3[nH]ncc3C2=O)c1. The van der Waals surface area contributed by atoms with Gasteiger partial charge in [0.1, 0.15) is 10.7 Å². The Balaban J connectivity index is 2.03. The minimum absolute atomic E-state index is 0.0547. The van der Waals surface area contributed by atoms with E-state index in [1.165, 1.54) is 18.0 Å². The summed E-state index contributed by atoms with van der Waals surface area (Å²) in [5.74, 6) is -0.664. The van der Waals surface area contributed by atoms with Crippen molar-refractivity contribution in [3.63, 3.8) is 0 Å². The number of allylic oxidation sites excluding steroid dienone is 2. The molecule has 2 aromatic rings. The van der Waals surface area contributed by atoms with Gasteiger partial charge >= 0.3 is 0 Å². The lowest BCUT2D eigenvalue weighted by Gasteiger charge is -2.14. The van der Waals surface area contributed by atoms with E-state index in [2.05, 4.69) is 10.2 Å². The highest BCUT2D eigenvalue weighted by Gasteiger charge is 2.33. The van der Waals surface area contributed by atoms with Crippen LogP contribution in [0, 0.1) is 13.8 Å². The van der Waals surface area contributed by atoms with Gasteiger partial charge in [0.2, 0.25) is 11.6 Å². The van der Waals surface area contributed by atoms with Gasteiger partial charge in [-0.1, -0.05) is 29.4 Å². The van der Waals surface area contributed by atoms with Crippen LogP contribution in [0.5, 0.6) is 0 Å². The third-order valence-corrected chi connectivity index (χ3v) is 4.67. The van der Waals surface area contributed by atoms with Crippen LogP contribution < -0.4 is 0 Å². The smallest absolute Gasteiger partial charge is 0.224 e. The number of rotatable bonds is 2. The molecule has 0 radical (unpaired) electrons. The first-order valence-corrected chi connectivity index (χ1v) is 7.45. The van der Waals surface area contributed by atoms with E-state index in [4.69, 9.17) is 11.6 Å². The molecule has 1 aliphatic carbocycles. The number of halogens is 1. The molecule has 0 saturated heterocycles. The quantitative estimate of drug-likeness (QED) is 0.918. The lowest BCUT2D eigenvalue weighted by atomic mass is 10.0. The maximum Gasteiger partial charge on any atom is 0.224 e. The van der Waals surface area contributed by atoms with Crippen molar-refractivity contribution in [3.05, 3.63) is 56.7 Å². The first-order chi connectivity index (χ1) is 9.97. The van der Waals surface area contributed by atoms with E-state index < -0.39 is 5.78 Å². The summed E-state index contributed by atoms with van der Waals surface area (Å²) in [5.41, 5.74) is 2.62. The maximum atomic E-state index is 12.4. The number of fused-ring (bicyclic) bond motifs is 1. The van der Waals surface area contributed by atoms with Crippen LogP contribution in [-0.2, 0) is 0 Å². The van der Waals surface area contributed by atoms with E-state index >= 15 is 0 Å². The molecule has 1 aliphatic rings. The third kappa shape index (κ3) is 2.43. The van der Waals surface area contributed by atoms with E-state index in [9.17, 15) is 9.59 Å². The second kappa shape index (κ2) is 5.16. The molecule has 4 nitrogen and oxygen atoms in total. The fourth-order valence-electron chi connectivity index (χ4n) is 2.27. The largest absolute Gasteiger partial charge is 0.288 e. The first-order valence-electron chi connectivity index (χ1n) is 6.26. The molecule has 3 rings (SSSR count). The number of thioether (sulfide) groups is 1. The Kier molecular flexibility index (Phi) is 3.47.